The minimum Gasteiger partial charge on any atom is -0.336 e. The Balaban J connectivity index is 0.00000112. The molecule has 1 N–H and O–H groups in total. The molecular formula is C10H17ClN4. The standard InChI is InChI=1S/C10H16N4.ClH/c1-8-3-4-12-10(13-8)14-6-5-11-7-9(14)2;/h3-4,9,11H,5-7H2,1-2H3;1H. The number of anilines is 1. The minimum atomic E-state index is 0. The van der Waals surface area contributed by atoms with Crippen LogP contribution in [0.2, 0.25) is 0 Å². The van der Waals surface area contributed by atoms with Gasteiger partial charge in [0.1, 0.15) is 0 Å². The minimum absolute atomic E-state index is 0. The Morgan fingerprint density at radius 1 is 1.53 bits per heavy atom. The van der Waals surface area contributed by atoms with Gasteiger partial charge in [-0.1, -0.05) is 0 Å². The second-order valence-electron chi connectivity index (χ2n) is 3.74. The van der Waals surface area contributed by atoms with Crippen molar-refractivity contribution in [2.24, 2.45) is 0 Å². The van der Waals surface area contributed by atoms with Gasteiger partial charge in [-0.05, 0) is 19.9 Å². The zero-order valence-electron chi connectivity index (χ0n) is 9.10. The lowest BCUT2D eigenvalue weighted by atomic mass is 10.2. The molecule has 0 saturated carbocycles. The Labute approximate surface area is 96.5 Å². The Kier molecular flexibility index (Phi) is 4.29. The first kappa shape index (κ1) is 12.2. The van der Waals surface area contributed by atoms with Gasteiger partial charge in [0.05, 0.1) is 0 Å². The third-order valence-electron chi connectivity index (χ3n) is 2.54. The molecule has 0 aromatic carbocycles. The number of hydrogen-bond donors (Lipinski definition) is 1. The molecule has 84 valence electrons. The number of rotatable bonds is 1. The van der Waals surface area contributed by atoms with Crippen LogP contribution >= 0.6 is 12.4 Å². The predicted molar refractivity (Wildman–Crippen MR) is 63.7 cm³/mol. The van der Waals surface area contributed by atoms with Crippen molar-refractivity contribution < 1.29 is 0 Å². The average molecular weight is 229 g/mol. The van der Waals surface area contributed by atoms with E-state index in [4.69, 9.17) is 0 Å². The Morgan fingerprint density at radius 3 is 3.00 bits per heavy atom. The number of aryl methyl sites for hydroxylation is 1. The van der Waals surface area contributed by atoms with Crippen LogP contribution in [0, 0.1) is 6.92 Å². The maximum atomic E-state index is 4.43. The van der Waals surface area contributed by atoms with Crippen LogP contribution in [0.1, 0.15) is 12.6 Å². The van der Waals surface area contributed by atoms with E-state index in [2.05, 4.69) is 27.1 Å². The van der Waals surface area contributed by atoms with Crippen molar-refractivity contribution in [1.82, 2.24) is 15.3 Å². The van der Waals surface area contributed by atoms with Crippen LogP contribution in [0.3, 0.4) is 0 Å². The van der Waals surface area contributed by atoms with Gasteiger partial charge in [0.2, 0.25) is 5.95 Å². The molecule has 1 atom stereocenters. The van der Waals surface area contributed by atoms with Crippen LogP contribution in [-0.2, 0) is 0 Å². The fraction of sp³-hybridized carbons (Fsp3) is 0.600. The molecule has 4 nitrogen and oxygen atoms in total. The second-order valence-corrected chi connectivity index (χ2v) is 3.74. The molecule has 0 bridgehead atoms. The Bertz CT molecular complexity index is 318. The van der Waals surface area contributed by atoms with Gasteiger partial charge >= 0.3 is 0 Å². The van der Waals surface area contributed by atoms with E-state index in [1.54, 1.807) is 0 Å². The van der Waals surface area contributed by atoms with Crippen LogP contribution < -0.4 is 10.2 Å². The molecule has 1 aromatic rings. The van der Waals surface area contributed by atoms with E-state index in [-0.39, 0.29) is 12.4 Å². The summed E-state index contributed by atoms with van der Waals surface area (Å²) in [6.07, 6.45) is 1.83. The highest BCUT2D eigenvalue weighted by Crippen LogP contribution is 2.12. The van der Waals surface area contributed by atoms with E-state index in [1.807, 2.05) is 19.2 Å². The van der Waals surface area contributed by atoms with Gasteiger partial charge in [-0.3, -0.25) is 0 Å². The maximum Gasteiger partial charge on any atom is 0.225 e. The van der Waals surface area contributed by atoms with Crippen LogP contribution in [0.5, 0.6) is 0 Å². The van der Waals surface area contributed by atoms with Gasteiger partial charge in [0, 0.05) is 37.6 Å². The molecule has 0 amide bonds. The van der Waals surface area contributed by atoms with E-state index in [0.717, 1.165) is 31.3 Å². The van der Waals surface area contributed by atoms with E-state index < -0.39 is 0 Å². The summed E-state index contributed by atoms with van der Waals surface area (Å²) >= 11 is 0. The molecule has 0 aliphatic carbocycles. The summed E-state index contributed by atoms with van der Waals surface area (Å²) in [6, 6.07) is 2.40. The van der Waals surface area contributed by atoms with E-state index in [1.165, 1.54) is 0 Å². The molecule has 1 unspecified atom stereocenters. The van der Waals surface area contributed by atoms with Gasteiger partial charge in [-0.25, -0.2) is 9.97 Å². The first-order valence-electron chi connectivity index (χ1n) is 5.04. The highest BCUT2D eigenvalue weighted by Gasteiger charge is 2.19. The van der Waals surface area contributed by atoms with Crippen LogP contribution in [-0.4, -0.2) is 35.6 Å². The van der Waals surface area contributed by atoms with Crippen molar-refractivity contribution in [2.75, 3.05) is 24.5 Å². The summed E-state index contributed by atoms with van der Waals surface area (Å²) in [6.45, 7) is 7.21. The molecule has 1 aliphatic heterocycles. The largest absolute Gasteiger partial charge is 0.336 e. The van der Waals surface area contributed by atoms with Crippen LogP contribution in [0.15, 0.2) is 12.3 Å². The maximum absolute atomic E-state index is 4.43. The van der Waals surface area contributed by atoms with Gasteiger partial charge < -0.3 is 10.2 Å². The number of nitrogens with zero attached hydrogens (tertiary/aromatic N) is 3. The topological polar surface area (TPSA) is 41.1 Å². The van der Waals surface area contributed by atoms with Crippen molar-refractivity contribution in [1.29, 1.82) is 0 Å². The van der Waals surface area contributed by atoms with Crippen molar-refractivity contribution in [3.63, 3.8) is 0 Å². The Morgan fingerprint density at radius 2 is 2.33 bits per heavy atom. The SMILES string of the molecule is Cc1ccnc(N2CCNCC2C)n1.Cl. The van der Waals surface area contributed by atoms with Gasteiger partial charge in [-0.15, -0.1) is 12.4 Å². The fourth-order valence-electron chi connectivity index (χ4n) is 1.71. The molecule has 15 heavy (non-hydrogen) atoms. The average Bonchev–Trinajstić information content (AvgIpc) is 2.18. The summed E-state index contributed by atoms with van der Waals surface area (Å²) in [5.74, 6) is 0.860. The summed E-state index contributed by atoms with van der Waals surface area (Å²) < 4.78 is 0. The van der Waals surface area contributed by atoms with E-state index in [9.17, 15) is 0 Å². The fourth-order valence-corrected chi connectivity index (χ4v) is 1.71. The van der Waals surface area contributed by atoms with Gasteiger partial charge in [-0.2, -0.15) is 0 Å². The Hall–Kier alpha value is -0.870. The number of aromatic nitrogens is 2. The summed E-state index contributed by atoms with van der Waals surface area (Å²) in [7, 11) is 0. The smallest absolute Gasteiger partial charge is 0.225 e. The molecule has 1 aromatic heterocycles. The number of nitrogens with one attached hydrogen (secondary N) is 1. The number of hydrogen-bond acceptors (Lipinski definition) is 4. The normalized spacial score (nSPS) is 20.9. The first-order chi connectivity index (χ1) is 6.77. The van der Waals surface area contributed by atoms with Gasteiger partial charge in [0.25, 0.3) is 0 Å². The number of halogens is 1. The van der Waals surface area contributed by atoms with E-state index >= 15 is 0 Å². The van der Waals surface area contributed by atoms with Crippen LogP contribution in [0.4, 0.5) is 5.95 Å². The molecule has 2 heterocycles. The molecular weight excluding hydrogens is 212 g/mol. The zero-order valence-corrected chi connectivity index (χ0v) is 9.92. The monoisotopic (exact) mass is 228 g/mol. The predicted octanol–water partition coefficient (Wildman–Crippen LogP) is 1.00. The summed E-state index contributed by atoms with van der Waals surface area (Å²) in [5, 5.41) is 3.35. The quantitative estimate of drug-likeness (QED) is 0.779. The van der Waals surface area contributed by atoms with E-state index in [0.29, 0.717) is 6.04 Å². The lowest BCUT2D eigenvalue weighted by molar-refractivity contribution is 0.492. The highest BCUT2D eigenvalue weighted by atomic mass is 35.5. The lowest BCUT2D eigenvalue weighted by Gasteiger charge is -2.33. The van der Waals surface area contributed by atoms with Crippen molar-refractivity contribution in [3.8, 4) is 0 Å². The van der Waals surface area contributed by atoms with Crippen molar-refractivity contribution >= 4 is 18.4 Å². The summed E-state index contributed by atoms with van der Waals surface area (Å²) in [4.78, 5) is 11.0. The molecule has 1 saturated heterocycles. The lowest BCUT2D eigenvalue weighted by Crippen LogP contribution is -2.50. The highest BCUT2D eigenvalue weighted by molar-refractivity contribution is 5.85. The molecule has 5 heteroatoms. The van der Waals surface area contributed by atoms with Crippen molar-refractivity contribution in [2.45, 2.75) is 19.9 Å². The molecule has 2 rings (SSSR count). The van der Waals surface area contributed by atoms with Gasteiger partial charge in [0.15, 0.2) is 0 Å². The van der Waals surface area contributed by atoms with Crippen molar-refractivity contribution in [3.05, 3.63) is 18.0 Å². The molecule has 1 fully saturated rings. The molecule has 0 radical (unpaired) electrons. The van der Waals surface area contributed by atoms with Crippen LogP contribution in [0.25, 0.3) is 0 Å². The molecule has 0 spiro atoms. The third-order valence-corrected chi connectivity index (χ3v) is 2.54. The zero-order chi connectivity index (χ0) is 9.97. The second kappa shape index (κ2) is 5.28. The molecule has 1 aliphatic rings. The third kappa shape index (κ3) is 2.79. The summed E-state index contributed by atoms with van der Waals surface area (Å²) in [5.41, 5.74) is 1.03. The first-order valence-corrected chi connectivity index (χ1v) is 5.04. The number of piperazine rings is 1.